The summed E-state index contributed by atoms with van der Waals surface area (Å²) in [6, 6.07) is 15.6. The number of carboxylic acid groups (broad SMARTS) is 1. The van der Waals surface area contributed by atoms with Crippen LogP contribution >= 0.6 is 7.82 Å². The summed E-state index contributed by atoms with van der Waals surface area (Å²) in [5, 5.41) is 25.1. The number of phosphoric ester groups is 1. The molecule has 4 rings (SSSR count). The lowest BCUT2D eigenvalue weighted by Gasteiger charge is -2.33. The Morgan fingerprint density at radius 1 is 0.635 bits per heavy atom. The van der Waals surface area contributed by atoms with Gasteiger partial charge in [-0.25, -0.2) is 14.2 Å². The molecule has 85 heavy (non-hydrogen) atoms. The zero-order valence-corrected chi connectivity index (χ0v) is 50.6. The molecule has 1 fully saturated rings. The number of nitrogens with two attached hydrogens (primary N) is 1. The molecule has 9 N–H and O–H groups in total. The summed E-state index contributed by atoms with van der Waals surface area (Å²) >= 11 is 0. The van der Waals surface area contributed by atoms with Crippen LogP contribution in [0.5, 0.6) is 0 Å². The third-order valence-electron chi connectivity index (χ3n) is 13.5. The van der Waals surface area contributed by atoms with Crippen molar-refractivity contribution in [3.05, 3.63) is 108 Å². The van der Waals surface area contributed by atoms with Gasteiger partial charge in [-0.05, 0) is 74.5 Å². The molecule has 0 saturated carbocycles. The molecule has 466 valence electrons. The quantitative estimate of drug-likeness (QED) is 0.0303. The van der Waals surface area contributed by atoms with Gasteiger partial charge in [0.1, 0.15) is 54.5 Å². The smallest absolute Gasteiger partial charge is 0.475 e. The minimum atomic E-state index is -4.64. The number of esters is 1. The first-order valence-electron chi connectivity index (χ1n) is 28.2. The van der Waals surface area contributed by atoms with Crippen LogP contribution in [0.4, 0.5) is 4.79 Å². The first-order chi connectivity index (χ1) is 40.1. The Labute approximate surface area is 495 Å². The van der Waals surface area contributed by atoms with Crippen LogP contribution in [-0.4, -0.2) is 130 Å². The number of rotatable bonds is 33. The molecule has 26 heteroatoms. The second-order valence-corrected chi connectivity index (χ2v) is 24.0. The summed E-state index contributed by atoms with van der Waals surface area (Å²) in [6.07, 6.45) is -1.64. The first kappa shape index (κ1) is 69.8. The zero-order chi connectivity index (χ0) is 63.0. The van der Waals surface area contributed by atoms with Crippen LogP contribution in [0.15, 0.2) is 91.0 Å². The summed E-state index contributed by atoms with van der Waals surface area (Å²) in [6.45, 7) is 13.1. The summed E-state index contributed by atoms with van der Waals surface area (Å²) in [7, 11) is -4.64. The highest BCUT2D eigenvalue weighted by molar-refractivity contribution is 7.48. The van der Waals surface area contributed by atoms with Gasteiger partial charge in [-0.3, -0.25) is 51.9 Å². The average molecular weight is 1210 g/mol. The largest absolute Gasteiger partial charge is 0.480 e. The topological polar surface area (TPSA) is 356 Å². The molecule has 8 atom stereocenters. The second-order valence-electron chi connectivity index (χ2n) is 22.3. The molecule has 0 radical (unpaired) electrons. The van der Waals surface area contributed by atoms with Gasteiger partial charge in [0.2, 0.25) is 41.4 Å². The molecule has 1 saturated heterocycles. The number of hydrogen-bond donors (Lipinski definition) is 8. The number of carbonyl (C=O) groups is 10. The van der Waals surface area contributed by atoms with Crippen LogP contribution in [0.1, 0.15) is 118 Å². The van der Waals surface area contributed by atoms with Crippen molar-refractivity contribution in [2.45, 2.75) is 169 Å². The number of primary amides is 1. The van der Waals surface area contributed by atoms with Gasteiger partial charge in [0.05, 0.1) is 26.2 Å². The molecular formula is C59H83N8O17P. The molecule has 25 nitrogen and oxygen atoms in total. The minimum Gasteiger partial charge on any atom is -0.480 e. The number of amides is 8. The van der Waals surface area contributed by atoms with Gasteiger partial charge in [0.25, 0.3) is 0 Å². The lowest BCUT2D eigenvalue weighted by Crippen LogP contribution is -2.61. The second kappa shape index (κ2) is 33.7. The third-order valence-corrected chi connectivity index (χ3v) is 14.9. The maximum absolute atomic E-state index is 14.6. The number of hydrogen-bond acceptors (Lipinski definition) is 16. The molecule has 3 aromatic carbocycles. The fraction of sp³-hybridized carbons (Fsp3) is 0.525. The number of alkyl carbamates (subject to hydrolysis) is 1. The van der Waals surface area contributed by atoms with Gasteiger partial charge in [-0.15, -0.1) is 0 Å². The maximum Gasteiger partial charge on any atom is 0.475 e. The van der Waals surface area contributed by atoms with Gasteiger partial charge in [0.15, 0.2) is 0 Å². The van der Waals surface area contributed by atoms with Gasteiger partial charge in [0, 0.05) is 13.0 Å². The van der Waals surface area contributed by atoms with Crippen molar-refractivity contribution < 1.29 is 80.7 Å². The van der Waals surface area contributed by atoms with Gasteiger partial charge >= 0.3 is 25.9 Å². The standard InChI is InChI=1S/C59H83N8O17P/c1-10-38(6)50(66-51(70)42(63-58(78)84-59(7,8)9)28-29-47(69)80-32-39-21-14-11-15-22-39)55(74)64-48(36(2)3)56(75)67-30-20-27-45(67)54(73)61-43(31-46(60)68)52(71)62-44(53(72)65-49(37(4)5)57(76)77)35-83-85(79,81-33-40-23-16-12-17-24-40)82-34-41-25-18-13-19-26-41/h11-19,21-26,36-38,42-45,48-50H,10,20,27-35H2,1-9H3,(H2,60,68)(H,61,73)(H,62,71)(H,63,78)(H,64,74)(H,65,72)(H,66,70)(H,76,77)/t38-,42-,43-,44-,45-,48-,49-,50-/m0/s1. The first-order valence-corrected chi connectivity index (χ1v) is 29.7. The number of nitrogens with one attached hydrogen (secondary N) is 6. The number of aliphatic carboxylic acids is 1. The lowest BCUT2D eigenvalue weighted by atomic mass is 9.95. The number of nitrogens with zero attached hydrogens (tertiary/aromatic N) is 1. The van der Waals surface area contributed by atoms with Gasteiger partial charge in [-0.1, -0.05) is 139 Å². The number of carboxylic acids is 1. The summed E-state index contributed by atoms with van der Waals surface area (Å²) in [5.41, 5.74) is 6.50. The molecule has 0 bridgehead atoms. The van der Waals surface area contributed by atoms with E-state index in [0.717, 1.165) is 5.56 Å². The van der Waals surface area contributed by atoms with Crippen molar-refractivity contribution in [1.29, 1.82) is 0 Å². The maximum atomic E-state index is 14.6. The third kappa shape index (κ3) is 23.7. The zero-order valence-electron chi connectivity index (χ0n) is 49.7. The molecule has 0 unspecified atom stereocenters. The van der Waals surface area contributed by atoms with Crippen molar-refractivity contribution in [3.8, 4) is 0 Å². The normalized spacial score (nSPS) is 15.8. The number of phosphoric acid groups is 1. The molecule has 8 amide bonds. The Kier molecular flexibility index (Phi) is 27.6. The molecule has 1 aliphatic heterocycles. The molecule has 3 aromatic rings. The predicted octanol–water partition coefficient (Wildman–Crippen LogP) is 4.69. The van der Waals surface area contributed by atoms with E-state index < -0.39 is 146 Å². The van der Waals surface area contributed by atoms with E-state index >= 15 is 0 Å². The Balaban J connectivity index is 1.54. The fourth-order valence-electron chi connectivity index (χ4n) is 8.62. The monoisotopic (exact) mass is 1210 g/mol. The number of likely N-dealkylation sites (tertiary alicyclic amines) is 1. The Bertz CT molecular complexity index is 2740. The van der Waals surface area contributed by atoms with Crippen LogP contribution in [0.3, 0.4) is 0 Å². The van der Waals surface area contributed by atoms with E-state index in [4.69, 9.17) is 28.8 Å². The Morgan fingerprint density at radius 3 is 1.62 bits per heavy atom. The average Bonchev–Trinajstić information content (AvgIpc) is 3.73. The van der Waals surface area contributed by atoms with E-state index in [-0.39, 0.29) is 52.0 Å². The molecule has 1 heterocycles. The van der Waals surface area contributed by atoms with Crippen LogP contribution in [0.25, 0.3) is 0 Å². The van der Waals surface area contributed by atoms with Crippen LogP contribution in [0.2, 0.25) is 0 Å². The summed E-state index contributed by atoms with van der Waals surface area (Å²) < 4.78 is 42.1. The van der Waals surface area contributed by atoms with Crippen LogP contribution < -0.4 is 37.6 Å². The molecule has 1 aliphatic rings. The van der Waals surface area contributed by atoms with E-state index in [9.17, 15) is 57.6 Å². The fourth-order valence-corrected chi connectivity index (χ4v) is 9.79. The predicted molar refractivity (Wildman–Crippen MR) is 310 cm³/mol. The van der Waals surface area contributed by atoms with Crippen molar-refractivity contribution in [1.82, 2.24) is 36.8 Å². The number of carbonyl (C=O) groups excluding carboxylic acids is 9. The van der Waals surface area contributed by atoms with E-state index in [1.165, 1.54) is 18.7 Å². The van der Waals surface area contributed by atoms with Crippen LogP contribution in [-0.2, 0) is 90.6 Å². The van der Waals surface area contributed by atoms with Crippen molar-refractivity contribution >= 4 is 67.2 Å². The SMILES string of the molecule is CC[C@H](C)[C@H](NC(=O)[C@H](CCC(=O)OCc1ccccc1)NC(=O)OC(C)(C)C)C(=O)N[C@H](C(=O)N1CCC[C@H]1C(=O)N[C@@H](CC(N)=O)C(=O)N[C@@H](COP(=O)(OCc1ccccc1)OCc1ccccc1)C(=O)N[C@H](C(=O)O)C(C)C)C(C)C. The van der Waals surface area contributed by atoms with Gasteiger partial charge < -0.3 is 57.1 Å². The highest BCUT2D eigenvalue weighted by atomic mass is 31.2. The minimum absolute atomic E-state index is 0.0128. The van der Waals surface area contributed by atoms with Crippen molar-refractivity contribution in [2.75, 3.05) is 13.2 Å². The summed E-state index contributed by atoms with van der Waals surface area (Å²) in [5.74, 6) is -10.5. The molecule has 0 aromatic heterocycles. The number of benzene rings is 3. The highest BCUT2D eigenvalue weighted by Gasteiger charge is 2.42. The Hall–Kier alpha value is -7.73. The van der Waals surface area contributed by atoms with E-state index in [0.29, 0.717) is 17.5 Å². The molecule has 0 spiro atoms. The summed E-state index contributed by atoms with van der Waals surface area (Å²) in [4.78, 5) is 137. The van der Waals surface area contributed by atoms with E-state index in [2.05, 4.69) is 31.9 Å². The Morgan fingerprint density at radius 2 is 1.13 bits per heavy atom. The van der Waals surface area contributed by atoms with Crippen molar-refractivity contribution in [2.24, 2.45) is 23.5 Å². The van der Waals surface area contributed by atoms with E-state index in [1.807, 2.05) is 6.07 Å². The van der Waals surface area contributed by atoms with E-state index in [1.54, 1.807) is 133 Å². The molecule has 0 aliphatic carbocycles. The number of ether oxygens (including phenoxy) is 2. The highest BCUT2D eigenvalue weighted by Crippen LogP contribution is 2.51. The molecular weight excluding hydrogens is 1120 g/mol. The van der Waals surface area contributed by atoms with Crippen LogP contribution in [0, 0.1) is 17.8 Å². The van der Waals surface area contributed by atoms with Crippen molar-refractivity contribution in [3.63, 3.8) is 0 Å². The van der Waals surface area contributed by atoms with Gasteiger partial charge in [-0.2, -0.15) is 0 Å². The lowest BCUT2D eigenvalue weighted by molar-refractivity contribution is -0.145.